The number of anilines is 1. The molecule has 2 saturated carbocycles. The van der Waals surface area contributed by atoms with Gasteiger partial charge in [0, 0.05) is 29.9 Å². The fraction of sp³-hybridized carbons (Fsp3) is 0.440. The van der Waals surface area contributed by atoms with E-state index in [2.05, 4.69) is 11.4 Å². The van der Waals surface area contributed by atoms with Crippen LogP contribution in [0.1, 0.15) is 54.7 Å². The summed E-state index contributed by atoms with van der Waals surface area (Å²) in [4.78, 5) is 12.8. The molecule has 1 aliphatic heterocycles. The van der Waals surface area contributed by atoms with E-state index in [9.17, 15) is 15.1 Å². The molecule has 0 bridgehead atoms. The van der Waals surface area contributed by atoms with Gasteiger partial charge in [-0.05, 0) is 56.6 Å². The van der Waals surface area contributed by atoms with Gasteiger partial charge in [-0.2, -0.15) is 0 Å². The Kier molecular flexibility index (Phi) is 5.03. The normalized spacial score (nSPS) is 24.1. The molecule has 7 heteroatoms. The molecule has 0 unspecified atom stereocenters. The number of ether oxygens (including phenoxy) is 1. The number of carbonyl (C=O) groups excluding carboxylic acids is 1. The molecule has 2 aromatic rings. The van der Waals surface area contributed by atoms with Crippen molar-refractivity contribution in [3.05, 3.63) is 52.3 Å². The number of hydrogen-bond donors (Lipinski definition) is 3. The van der Waals surface area contributed by atoms with Gasteiger partial charge in [-0.25, -0.2) is 0 Å². The lowest BCUT2D eigenvalue weighted by atomic mass is 9.74. The molecule has 7 nitrogen and oxygen atoms in total. The summed E-state index contributed by atoms with van der Waals surface area (Å²) in [7, 11) is 1.55. The molecule has 3 aliphatic rings. The Bertz CT molecular complexity index is 1250. The Morgan fingerprint density at radius 1 is 1.22 bits per heavy atom. The van der Waals surface area contributed by atoms with E-state index < -0.39 is 11.5 Å². The quantitative estimate of drug-likeness (QED) is 0.371. The summed E-state index contributed by atoms with van der Waals surface area (Å²) in [6.45, 7) is 1.72. The lowest BCUT2D eigenvalue weighted by Crippen LogP contribution is -2.42. The molecular weight excluding hydrogens is 406 g/mol. The van der Waals surface area contributed by atoms with Crippen LogP contribution in [0, 0.1) is 18.8 Å². The summed E-state index contributed by atoms with van der Waals surface area (Å²) in [5, 5.41) is 25.6. The third-order valence-electron chi connectivity index (χ3n) is 7.14. The van der Waals surface area contributed by atoms with E-state index >= 15 is 0 Å². The molecule has 0 radical (unpaired) electrons. The molecule has 2 heterocycles. The number of nitrogens with one attached hydrogen (secondary N) is 1. The number of aromatic nitrogens is 1. The van der Waals surface area contributed by atoms with Crippen molar-refractivity contribution < 1.29 is 24.6 Å². The maximum Gasteiger partial charge on any atom is 0.338 e. The Hall–Kier alpha value is -3.15. The monoisotopic (exact) mass is 435 g/mol. The van der Waals surface area contributed by atoms with Crippen molar-refractivity contribution in [2.24, 2.45) is 11.8 Å². The van der Waals surface area contributed by atoms with Gasteiger partial charge >= 0.3 is 22.7 Å². The van der Waals surface area contributed by atoms with Gasteiger partial charge in [0.15, 0.2) is 0 Å². The average Bonchev–Trinajstić information content (AvgIpc) is 3.57. The first-order valence-corrected chi connectivity index (χ1v) is 11.3. The van der Waals surface area contributed by atoms with E-state index in [1.807, 2.05) is 12.1 Å². The van der Waals surface area contributed by atoms with Gasteiger partial charge in [-0.15, -0.1) is 0 Å². The minimum atomic E-state index is -0.470. The molecule has 3 N–H and O–H groups in total. The number of benzene rings is 1. The highest BCUT2D eigenvalue weighted by Gasteiger charge is 2.47. The predicted molar refractivity (Wildman–Crippen MR) is 119 cm³/mol. The van der Waals surface area contributed by atoms with E-state index in [0.29, 0.717) is 29.0 Å². The lowest BCUT2D eigenvalue weighted by molar-refractivity contribution is -0.909. The molecule has 0 spiro atoms. The van der Waals surface area contributed by atoms with Crippen LogP contribution in [0.5, 0.6) is 5.75 Å². The van der Waals surface area contributed by atoms with Gasteiger partial charge in [0.25, 0.3) is 0 Å². The predicted octanol–water partition coefficient (Wildman–Crippen LogP) is 1.03. The van der Waals surface area contributed by atoms with Crippen molar-refractivity contribution in [3.63, 3.8) is 0 Å². The third-order valence-corrected chi connectivity index (χ3v) is 7.14. The molecule has 2 aliphatic carbocycles. The van der Waals surface area contributed by atoms with E-state index in [1.165, 1.54) is 0 Å². The van der Waals surface area contributed by atoms with E-state index in [4.69, 9.17) is 9.40 Å². The Labute approximate surface area is 186 Å². The smallest absolute Gasteiger partial charge is 0.338 e. The number of carbonyl (C=O) groups is 1. The van der Waals surface area contributed by atoms with E-state index in [1.54, 1.807) is 32.2 Å². The molecule has 32 heavy (non-hydrogen) atoms. The van der Waals surface area contributed by atoms with Crippen LogP contribution in [0.25, 0.3) is 6.08 Å². The van der Waals surface area contributed by atoms with Crippen molar-refractivity contribution in [1.82, 2.24) is 4.67 Å². The number of pyridine rings is 1. The lowest BCUT2D eigenvalue weighted by Gasteiger charge is -2.34. The number of aliphatic hydroxyl groups is 1. The SMILES string of the molecule is COc1cc2c(cc1NC(=O)c1cccc(C)[n+]1O)=CC(C1CCC(O)(C3CC3)CC1)=[N+]=2. The summed E-state index contributed by atoms with van der Waals surface area (Å²) in [6, 6.07) is 8.70. The highest BCUT2D eigenvalue weighted by Crippen LogP contribution is 2.48. The van der Waals surface area contributed by atoms with Crippen LogP contribution < -0.4 is 30.0 Å². The van der Waals surface area contributed by atoms with E-state index in [-0.39, 0.29) is 5.69 Å². The maximum atomic E-state index is 12.8. The van der Waals surface area contributed by atoms with Crippen molar-refractivity contribution in [3.8, 4) is 5.75 Å². The Balaban J connectivity index is 1.39. The number of fused-ring (bicyclic) bond motifs is 1. The molecule has 2 fully saturated rings. The van der Waals surface area contributed by atoms with Crippen LogP contribution in [0.15, 0.2) is 30.3 Å². The van der Waals surface area contributed by atoms with E-state index in [0.717, 1.165) is 59.5 Å². The second-order valence-electron chi connectivity index (χ2n) is 9.26. The molecule has 166 valence electrons. The van der Waals surface area contributed by atoms with Crippen LogP contribution in [-0.4, -0.2) is 34.6 Å². The van der Waals surface area contributed by atoms with Crippen LogP contribution in [-0.2, 0) is 0 Å². The molecule has 1 aromatic heterocycles. The Morgan fingerprint density at radius 3 is 2.66 bits per heavy atom. The van der Waals surface area contributed by atoms with Gasteiger partial charge in [-0.3, -0.25) is 10.0 Å². The summed E-state index contributed by atoms with van der Waals surface area (Å²) in [5.74, 6) is 0.919. The Morgan fingerprint density at radius 2 is 1.97 bits per heavy atom. The second kappa shape index (κ2) is 7.76. The molecule has 0 atom stereocenters. The first-order chi connectivity index (χ1) is 15.4. The minimum Gasteiger partial charge on any atom is -0.494 e. The number of nitrogens with zero attached hydrogens (tertiary/aromatic N) is 2. The third kappa shape index (κ3) is 3.68. The van der Waals surface area contributed by atoms with Crippen LogP contribution in [0.4, 0.5) is 5.69 Å². The zero-order valence-electron chi connectivity index (χ0n) is 18.5. The topological polar surface area (TPSA) is 96.8 Å². The van der Waals surface area contributed by atoms with Crippen LogP contribution >= 0.6 is 0 Å². The van der Waals surface area contributed by atoms with Gasteiger partial charge < -0.3 is 15.2 Å². The standard InChI is InChI=1S/C25H28N3O4/c1-15-4-3-5-22(28(15)31)24(29)27-21-13-17-12-19(26-20(17)14-23(21)32-2)16-8-10-25(30,11-9-16)18-6-7-18/h3-5,12-14,16,18,30H,6-11H2,1-2H3,(H,29,31)/q+1/p+1. The largest absolute Gasteiger partial charge is 0.494 e. The van der Waals surface area contributed by atoms with Crippen molar-refractivity contribution in [1.29, 1.82) is 0 Å². The molecule has 5 rings (SSSR count). The molecular formula is C25H29N3O4+2. The number of rotatable bonds is 5. The van der Waals surface area contributed by atoms with Gasteiger partial charge in [0.1, 0.15) is 5.75 Å². The fourth-order valence-electron chi connectivity index (χ4n) is 5.01. The summed E-state index contributed by atoms with van der Waals surface area (Å²) in [6.07, 6.45) is 7.97. The van der Waals surface area contributed by atoms with Crippen LogP contribution in [0.2, 0.25) is 0 Å². The number of hydrogen-bond acceptors (Lipinski definition) is 4. The fourth-order valence-corrected chi connectivity index (χ4v) is 5.01. The molecule has 1 amide bonds. The number of amides is 1. The summed E-state index contributed by atoms with van der Waals surface area (Å²) in [5.41, 5.74) is 1.79. The van der Waals surface area contributed by atoms with Crippen LogP contribution in [0.3, 0.4) is 0 Å². The number of aryl methyl sites for hydroxylation is 1. The highest BCUT2D eigenvalue weighted by atomic mass is 16.5. The second-order valence-corrected chi connectivity index (χ2v) is 9.26. The van der Waals surface area contributed by atoms with Crippen molar-refractivity contribution >= 4 is 23.4 Å². The molecule has 0 saturated heterocycles. The average molecular weight is 436 g/mol. The first kappa shape index (κ1) is 20.7. The minimum absolute atomic E-state index is 0.138. The van der Waals surface area contributed by atoms with Gasteiger partial charge in [0.2, 0.25) is 5.69 Å². The highest BCUT2D eigenvalue weighted by molar-refractivity contribution is 6.11. The van der Waals surface area contributed by atoms with Gasteiger partial charge in [0.05, 0.1) is 35.6 Å². The first-order valence-electron chi connectivity index (χ1n) is 11.3. The number of methoxy groups -OCH3 is 1. The zero-order chi connectivity index (χ0) is 22.5. The summed E-state index contributed by atoms with van der Waals surface area (Å²) >= 11 is 0. The zero-order valence-corrected chi connectivity index (χ0v) is 18.5. The van der Waals surface area contributed by atoms with Crippen molar-refractivity contribution in [2.45, 2.75) is 51.0 Å². The van der Waals surface area contributed by atoms with Crippen molar-refractivity contribution in [2.75, 3.05) is 12.4 Å². The maximum absolute atomic E-state index is 12.8. The van der Waals surface area contributed by atoms with Gasteiger partial charge in [-0.1, -0.05) is 4.67 Å². The summed E-state index contributed by atoms with van der Waals surface area (Å²) < 4.78 is 11.2. The molecule has 1 aromatic carbocycles.